The van der Waals surface area contributed by atoms with E-state index in [1.165, 1.54) is 23.1 Å². The molecule has 0 atom stereocenters. The summed E-state index contributed by atoms with van der Waals surface area (Å²) in [4.78, 5) is 8.25. The molecular weight excluding hydrogens is 245 g/mol. The maximum atomic E-state index is 13.6. The molecule has 0 saturated carbocycles. The van der Waals surface area contributed by atoms with Crippen molar-refractivity contribution in [3.63, 3.8) is 0 Å². The first kappa shape index (κ1) is 11.3. The van der Waals surface area contributed by atoms with Crippen molar-refractivity contribution in [2.45, 2.75) is 6.42 Å². The van der Waals surface area contributed by atoms with Gasteiger partial charge in [-0.2, -0.15) is 10.4 Å². The van der Waals surface area contributed by atoms with Gasteiger partial charge in [0.2, 0.25) is 0 Å². The van der Waals surface area contributed by atoms with Crippen LogP contribution in [0.2, 0.25) is 0 Å². The largest absolute Gasteiger partial charge is 0.236 e. The first-order valence-electron chi connectivity index (χ1n) is 5.60. The van der Waals surface area contributed by atoms with Crippen LogP contribution in [0.25, 0.3) is 5.65 Å². The molecule has 1 aromatic carbocycles. The molecule has 0 unspecified atom stereocenters. The van der Waals surface area contributed by atoms with Crippen molar-refractivity contribution < 1.29 is 4.39 Å². The standard InChI is InChI=1S/C13H8FN5/c14-11-4-2-1-3-9(11)5-12-13-16-8-17-19(13)7-10(6-15)18-12/h1-4,7-8H,5H2. The zero-order valence-electron chi connectivity index (χ0n) is 9.79. The van der Waals surface area contributed by atoms with Crippen LogP contribution in [0.15, 0.2) is 36.8 Å². The Balaban J connectivity index is 2.12. The number of benzene rings is 1. The highest BCUT2D eigenvalue weighted by Gasteiger charge is 2.11. The number of nitrogens with zero attached hydrogens (tertiary/aromatic N) is 5. The smallest absolute Gasteiger partial charge is 0.177 e. The van der Waals surface area contributed by atoms with E-state index in [1.54, 1.807) is 18.2 Å². The number of nitriles is 1. The molecule has 0 N–H and O–H groups in total. The molecule has 0 aliphatic rings. The average molecular weight is 253 g/mol. The van der Waals surface area contributed by atoms with Crippen LogP contribution in [-0.4, -0.2) is 19.6 Å². The molecule has 0 saturated heterocycles. The Morgan fingerprint density at radius 3 is 2.95 bits per heavy atom. The van der Waals surface area contributed by atoms with Crippen molar-refractivity contribution in [2.75, 3.05) is 0 Å². The number of halogens is 1. The van der Waals surface area contributed by atoms with E-state index >= 15 is 0 Å². The molecule has 3 aromatic rings. The Kier molecular flexibility index (Phi) is 2.65. The summed E-state index contributed by atoms with van der Waals surface area (Å²) in [6.45, 7) is 0. The lowest BCUT2D eigenvalue weighted by molar-refractivity contribution is 0.613. The summed E-state index contributed by atoms with van der Waals surface area (Å²) in [6.07, 6.45) is 3.14. The van der Waals surface area contributed by atoms with Crippen LogP contribution >= 0.6 is 0 Å². The molecule has 0 bridgehead atoms. The van der Waals surface area contributed by atoms with E-state index in [4.69, 9.17) is 5.26 Å². The average Bonchev–Trinajstić information content (AvgIpc) is 2.89. The van der Waals surface area contributed by atoms with Crippen molar-refractivity contribution >= 4 is 5.65 Å². The maximum absolute atomic E-state index is 13.6. The Morgan fingerprint density at radius 1 is 1.32 bits per heavy atom. The van der Waals surface area contributed by atoms with Gasteiger partial charge in [0.25, 0.3) is 0 Å². The highest BCUT2D eigenvalue weighted by molar-refractivity contribution is 5.46. The van der Waals surface area contributed by atoms with Gasteiger partial charge in [0.1, 0.15) is 18.2 Å². The summed E-state index contributed by atoms with van der Waals surface area (Å²) in [6, 6.07) is 8.42. The van der Waals surface area contributed by atoms with E-state index in [2.05, 4.69) is 15.1 Å². The van der Waals surface area contributed by atoms with Gasteiger partial charge >= 0.3 is 0 Å². The third-order valence-corrected chi connectivity index (χ3v) is 2.76. The van der Waals surface area contributed by atoms with Crippen LogP contribution in [0.1, 0.15) is 17.0 Å². The van der Waals surface area contributed by atoms with Crippen LogP contribution in [0, 0.1) is 17.1 Å². The van der Waals surface area contributed by atoms with E-state index in [-0.39, 0.29) is 17.9 Å². The van der Waals surface area contributed by atoms with Gasteiger partial charge in [-0.05, 0) is 11.6 Å². The fraction of sp³-hybridized carbons (Fsp3) is 0.0769. The molecule has 3 rings (SSSR count). The minimum Gasteiger partial charge on any atom is -0.236 e. The Bertz CT molecular complexity index is 787. The molecule has 19 heavy (non-hydrogen) atoms. The van der Waals surface area contributed by atoms with Gasteiger partial charge in [-0.25, -0.2) is 18.9 Å². The molecule has 0 fully saturated rings. The van der Waals surface area contributed by atoms with Crippen LogP contribution in [0.3, 0.4) is 0 Å². The number of hydrogen-bond acceptors (Lipinski definition) is 4. The van der Waals surface area contributed by atoms with Crippen LogP contribution in [-0.2, 0) is 6.42 Å². The second-order valence-corrected chi connectivity index (χ2v) is 3.98. The van der Waals surface area contributed by atoms with Gasteiger partial charge in [-0.15, -0.1) is 0 Å². The molecule has 0 radical (unpaired) electrons. The first-order valence-corrected chi connectivity index (χ1v) is 5.60. The first-order chi connectivity index (χ1) is 9.28. The van der Waals surface area contributed by atoms with Crippen LogP contribution < -0.4 is 0 Å². The number of hydrogen-bond donors (Lipinski definition) is 0. The van der Waals surface area contributed by atoms with Crippen LogP contribution in [0.4, 0.5) is 4.39 Å². The molecule has 0 amide bonds. The van der Waals surface area contributed by atoms with Gasteiger partial charge in [0.15, 0.2) is 11.3 Å². The van der Waals surface area contributed by atoms with E-state index in [0.29, 0.717) is 16.9 Å². The molecule has 2 aromatic heterocycles. The normalized spacial score (nSPS) is 10.5. The summed E-state index contributed by atoms with van der Waals surface area (Å²) < 4.78 is 15.1. The third kappa shape index (κ3) is 2.02. The Labute approximate surface area is 108 Å². The van der Waals surface area contributed by atoms with Crippen molar-refractivity contribution in [3.8, 4) is 6.07 Å². The van der Waals surface area contributed by atoms with Gasteiger partial charge < -0.3 is 0 Å². The predicted octanol–water partition coefficient (Wildman–Crippen LogP) is 1.73. The molecule has 0 aliphatic heterocycles. The van der Waals surface area contributed by atoms with E-state index < -0.39 is 0 Å². The molecule has 5 nitrogen and oxygen atoms in total. The molecular formula is C13H8FN5. The van der Waals surface area contributed by atoms with Gasteiger partial charge in [-0.1, -0.05) is 18.2 Å². The van der Waals surface area contributed by atoms with Gasteiger partial charge in [-0.3, -0.25) is 0 Å². The zero-order chi connectivity index (χ0) is 13.2. The minimum atomic E-state index is -0.302. The van der Waals surface area contributed by atoms with Crippen LogP contribution in [0.5, 0.6) is 0 Å². The Morgan fingerprint density at radius 2 is 2.16 bits per heavy atom. The Hall–Kier alpha value is -2.81. The zero-order valence-corrected chi connectivity index (χ0v) is 9.79. The summed E-state index contributed by atoms with van der Waals surface area (Å²) >= 11 is 0. The van der Waals surface area contributed by atoms with E-state index in [9.17, 15) is 4.39 Å². The SMILES string of the molecule is N#Cc1cn2ncnc2c(Cc2ccccc2F)n1. The topological polar surface area (TPSA) is 66.9 Å². The fourth-order valence-corrected chi connectivity index (χ4v) is 1.89. The highest BCUT2D eigenvalue weighted by atomic mass is 19.1. The number of rotatable bonds is 2. The molecule has 2 heterocycles. The summed E-state index contributed by atoms with van der Waals surface area (Å²) in [7, 11) is 0. The lowest BCUT2D eigenvalue weighted by Crippen LogP contribution is -2.03. The second kappa shape index (κ2) is 4.46. The van der Waals surface area contributed by atoms with Crippen molar-refractivity contribution in [1.82, 2.24) is 19.6 Å². The fourth-order valence-electron chi connectivity index (χ4n) is 1.89. The minimum absolute atomic E-state index is 0.226. The van der Waals surface area contributed by atoms with Crippen molar-refractivity contribution in [2.24, 2.45) is 0 Å². The maximum Gasteiger partial charge on any atom is 0.177 e. The highest BCUT2D eigenvalue weighted by Crippen LogP contribution is 2.15. The summed E-state index contributed by atoms with van der Waals surface area (Å²) in [5.74, 6) is -0.302. The summed E-state index contributed by atoms with van der Waals surface area (Å²) in [5.41, 5.74) is 1.79. The summed E-state index contributed by atoms with van der Waals surface area (Å²) in [5, 5.41) is 12.9. The van der Waals surface area contributed by atoms with Gasteiger partial charge in [0.05, 0.1) is 11.9 Å². The molecule has 0 spiro atoms. The van der Waals surface area contributed by atoms with E-state index in [1.807, 2.05) is 6.07 Å². The lowest BCUT2D eigenvalue weighted by atomic mass is 10.1. The predicted molar refractivity (Wildman–Crippen MR) is 64.7 cm³/mol. The van der Waals surface area contributed by atoms with Crippen molar-refractivity contribution in [1.29, 1.82) is 5.26 Å². The number of fused-ring (bicyclic) bond motifs is 1. The molecule has 0 aliphatic carbocycles. The number of aromatic nitrogens is 4. The second-order valence-electron chi connectivity index (χ2n) is 3.98. The monoisotopic (exact) mass is 253 g/mol. The molecule has 6 heteroatoms. The van der Waals surface area contributed by atoms with Gasteiger partial charge in [0, 0.05) is 6.42 Å². The quantitative estimate of drug-likeness (QED) is 0.697. The third-order valence-electron chi connectivity index (χ3n) is 2.76. The lowest BCUT2D eigenvalue weighted by Gasteiger charge is -2.04. The van der Waals surface area contributed by atoms with E-state index in [0.717, 1.165) is 0 Å². The molecule has 92 valence electrons. The van der Waals surface area contributed by atoms with Crippen molar-refractivity contribution in [3.05, 3.63) is 59.6 Å².